The number of quaternary nitrogens is 7. The topological polar surface area (TPSA) is 357 Å². The molecule has 794 valence electrons. The van der Waals surface area contributed by atoms with Crippen LogP contribution in [0, 0.1) is 42.6 Å². The quantitative estimate of drug-likeness (QED) is 0.00575. The second-order valence-electron chi connectivity index (χ2n) is 49.3. The van der Waals surface area contributed by atoms with Gasteiger partial charge in [0.05, 0.1) is 61.4 Å². The van der Waals surface area contributed by atoms with Gasteiger partial charge in [-0.05, 0) is 148 Å². The van der Waals surface area contributed by atoms with Gasteiger partial charge < -0.3 is 64.9 Å². The largest absolute Gasteiger partial charge is 0.461 e. The van der Waals surface area contributed by atoms with Gasteiger partial charge in [0.25, 0.3) is 23.4 Å². The van der Waals surface area contributed by atoms with Gasteiger partial charge in [-0.3, -0.25) is 43.6 Å². The van der Waals surface area contributed by atoms with Gasteiger partial charge in [-0.15, -0.1) is 0 Å². The first-order valence-corrected chi connectivity index (χ1v) is 55.7. The third-order valence-corrected chi connectivity index (χ3v) is 36.7. The summed E-state index contributed by atoms with van der Waals surface area (Å²) in [6.07, 6.45) is 2.56. The molecule has 8 bridgehead atoms. The summed E-state index contributed by atoms with van der Waals surface area (Å²) in [5.74, 6) is -0.767. The number of ether oxygens (including phenoxy) is 4. The van der Waals surface area contributed by atoms with Gasteiger partial charge in [-0.25, -0.2) is 18.6 Å². The van der Waals surface area contributed by atoms with Crippen molar-refractivity contribution < 1.29 is 115 Å². The summed E-state index contributed by atoms with van der Waals surface area (Å²) in [4.78, 5) is 113. The Kier molecular flexibility index (Phi) is 46.2. The minimum Gasteiger partial charge on any atom is -0.461 e. The van der Waals surface area contributed by atoms with E-state index in [9.17, 15) is 56.9 Å². The minimum absolute atomic E-state index is 0.00867. The highest BCUT2D eigenvalue weighted by Crippen LogP contribution is 2.41. The van der Waals surface area contributed by atoms with E-state index in [1.807, 2.05) is 83.1 Å². The molecule has 13 aliphatic heterocycles. The van der Waals surface area contributed by atoms with E-state index in [0.717, 1.165) is 134 Å². The number of fused-ring (bicyclic) bond motifs is 13. The van der Waals surface area contributed by atoms with E-state index in [4.69, 9.17) is 33.5 Å². The smallest absolute Gasteiger partial charge is 0.397 e. The summed E-state index contributed by atoms with van der Waals surface area (Å²) in [6.45, 7) is 101. The van der Waals surface area contributed by atoms with Gasteiger partial charge in [0, 0.05) is 81.2 Å². The molecule has 2 aromatic rings. The monoisotopic (exact) mass is 2000 g/mol. The number of esters is 4. The van der Waals surface area contributed by atoms with Gasteiger partial charge >= 0.3 is 34.3 Å². The average molecular weight is 2000 g/mol. The highest BCUT2D eigenvalue weighted by atomic mass is 32.3. The van der Waals surface area contributed by atoms with Crippen molar-refractivity contribution in [3.8, 4) is 0 Å². The van der Waals surface area contributed by atoms with Crippen LogP contribution in [0.5, 0.6) is 0 Å². The van der Waals surface area contributed by atoms with Crippen molar-refractivity contribution in [3.63, 3.8) is 0 Å². The number of azide groups is 1. The van der Waals surface area contributed by atoms with Crippen LogP contribution in [0.1, 0.15) is 267 Å². The predicted molar refractivity (Wildman–Crippen MR) is 550 cm³/mol. The number of Topliss-reactive ketones (excluding diaryl/α,β-unsaturated/α-hetero) is 1. The highest BCUT2D eigenvalue weighted by Gasteiger charge is 2.55. The second-order valence-corrected chi connectivity index (χ2v) is 55.1. The Morgan fingerprint density at radius 2 is 0.813 bits per heavy atom. The van der Waals surface area contributed by atoms with E-state index < -0.39 is 29.7 Å². The lowest BCUT2D eigenvalue weighted by Gasteiger charge is -2.55. The van der Waals surface area contributed by atoms with Gasteiger partial charge in [0.2, 0.25) is 0 Å². The molecule has 139 heavy (non-hydrogen) atoms. The normalized spacial score (nSPS) is 25.4. The lowest BCUT2D eigenvalue weighted by molar-refractivity contribution is -1.08. The lowest BCUT2D eigenvalue weighted by Crippen LogP contribution is -2.76. The summed E-state index contributed by atoms with van der Waals surface area (Å²) < 4.78 is 69.0. The number of non-ortho nitro benzene ring substituents is 1. The van der Waals surface area contributed by atoms with E-state index in [-0.39, 0.29) is 123 Å². The molecule has 35 heteroatoms. The molecule has 15 rings (SSSR count). The lowest BCUT2D eigenvalue weighted by atomic mass is 9.87. The van der Waals surface area contributed by atoms with Crippen LogP contribution >= 0.6 is 0 Å². The molecule has 0 aliphatic carbocycles. The number of amides is 3. The van der Waals surface area contributed by atoms with Crippen LogP contribution in [0.2, 0.25) is 18.1 Å². The zero-order valence-electron chi connectivity index (χ0n) is 92.5. The van der Waals surface area contributed by atoms with E-state index in [1.165, 1.54) is 118 Å². The maximum atomic E-state index is 12.6. The Hall–Kier alpha value is -6.96. The average Bonchev–Trinajstić information content (AvgIpc) is 1.52. The first kappa shape index (κ1) is 124. The van der Waals surface area contributed by atoms with Crippen LogP contribution < -0.4 is 5.32 Å². The molecule has 12 fully saturated rings. The van der Waals surface area contributed by atoms with E-state index in [0.29, 0.717) is 73.5 Å². The highest BCUT2D eigenvalue weighted by molar-refractivity contribution is 7.80. The fourth-order valence-corrected chi connectivity index (χ4v) is 19.9. The molecule has 12 saturated heterocycles. The summed E-state index contributed by atoms with van der Waals surface area (Å²) in [7, 11) is -5.88. The Labute approximate surface area is 838 Å². The van der Waals surface area contributed by atoms with Crippen molar-refractivity contribution in [2.24, 2.45) is 37.6 Å². The number of nitro groups is 1. The zero-order valence-corrected chi connectivity index (χ0v) is 94.3. The fraction of sp³-hybridized carbons (Fsp3) is 0.808. The molecule has 0 radical (unpaired) electrons. The minimum atomic E-state index is -4.31. The number of imide groups is 1. The number of hydrogen-bond acceptors (Lipinski definition) is 20. The zero-order chi connectivity index (χ0) is 106. The second kappa shape index (κ2) is 51.7. The van der Waals surface area contributed by atoms with Crippen molar-refractivity contribution in [3.05, 3.63) is 85.8 Å². The third-order valence-electron chi connectivity index (χ3n) is 31.7. The summed E-state index contributed by atoms with van der Waals surface area (Å²) in [6, 6.07) is 12.7. The molecule has 6 atom stereocenters. The number of nitrogens with zero attached hydrogens (tertiary/aromatic N) is 13. The van der Waals surface area contributed by atoms with Crippen LogP contribution in [-0.4, -0.2) is 367 Å². The van der Waals surface area contributed by atoms with Gasteiger partial charge in [-0.1, -0.05) is 176 Å². The van der Waals surface area contributed by atoms with Crippen molar-refractivity contribution in [1.82, 2.24) is 15.1 Å². The molecule has 0 unspecified atom stereocenters. The number of carbonyl (C=O) groups is 8. The molecule has 33 nitrogen and oxygen atoms in total. The number of nitro benzene ring substituents is 1. The first-order valence-electron chi connectivity index (χ1n) is 51.4. The van der Waals surface area contributed by atoms with Gasteiger partial charge in [0.1, 0.15) is 149 Å². The van der Waals surface area contributed by atoms with Crippen LogP contribution in [0.3, 0.4) is 0 Å². The van der Waals surface area contributed by atoms with Crippen molar-refractivity contribution in [2.45, 2.75) is 302 Å². The standard InChI is InChI=1S/C27H41N4O7.C23H45N4O2.C17H33N5O2.C14H17NO2.C12H28OSi.C6H14O4S.C3H6O.C2H6/c1-21(27(2,3)4)38-26(34)19-31-15-12-30(13-16-31,14-17-31)18-24(32)28-11-5-6-25(33)37-20-22-7-9-23(10-8-22)29(35)36;1-21(23(2,3)4)29-22(28)20-27-17-14-26(15-18-27,16-19-27)10-5-9-25-11-6-24(7-12-25)8-13-25;1-15(17(2,3)4)24-16(23)14-22-11-8-21(9-12-22,10-13-22)7-5-6-19-20-18;1-9(14(2,3)4)15-12(16)10-7-5-6-8-11(10)13(15)17;1-10(11(2,3)4)13-14(8,9)12(5,6)7;1-5(6(2,3)4)10-11(7,8)9;1-3(2)4;1-2/h7-10,21H,5-6,11-20H2,1-4H3;21H,5-20H2,1-4H3;15H,5-14H2,1-4H3;5-9H,1-4H3;10H,1-9H3;5H,1-4H3,(H,7,8,9);1-2H3;1-2H3/q+1;+3;+2;;;;;/p+1/t21-,30?,31?;21-,26?,27?;15-,21?,22?;9-;10-;5-;;/m111111../s1. The molecule has 0 saturated carbocycles. The number of ketones is 1. The molecular formula is C104H191N14O19SSi+7. The summed E-state index contributed by atoms with van der Waals surface area (Å²) in [5.41, 5.74) is 9.81. The molecule has 2 N–H and O–H groups in total. The number of benzene rings is 2. The number of hydrogen-bond donors (Lipinski definition) is 2. The van der Waals surface area contributed by atoms with E-state index in [1.54, 1.807) is 43.3 Å². The maximum Gasteiger partial charge on any atom is 0.397 e. The maximum absolute atomic E-state index is 12.6. The van der Waals surface area contributed by atoms with Crippen LogP contribution in [0.4, 0.5) is 5.69 Å². The fourth-order valence-electron chi connectivity index (χ4n) is 17.7. The van der Waals surface area contributed by atoms with Crippen molar-refractivity contribution in [1.29, 1.82) is 0 Å². The molecule has 3 amide bonds. The molecule has 13 heterocycles. The first-order chi connectivity index (χ1) is 63.7. The Morgan fingerprint density at radius 3 is 1.12 bits per heavy atom. The van der Waals surface area contributed by atoms with Gasteiger partial charge in [0.15, 0.2) is 34.5 Å². The Bertz CT molecular complexity index is 4360. The SMILES string of the molecule is CC.CC(C)=O.C[C@@H](N1C(=O)c2ccccc2C1=O)C(C)(C)C.C[C@@H](OC(=O)C[N+]12CC[N+](CC(=O)NCCCC(=O)OCc3ccc([N+](=O)[O-])cc3)(CC1)CC2)C(C)(C)C.C[C@@H](OC(=O)C[N+]12CC[N+](CCCN=[N+]=[N-])(CC1)CC2)C(C)(C)C.C[C@@H](OC(=O)C[N+]12CC[N+](CCC[N+]34CCN(CC3)CC4)(CC1)CC2)C(C)(C)C.C[C@@H](OS(=O)(=O)O)C(C)(C)C.C[C@@H](O[Si](C)(C)C(C)(C)C)C(C)(C)C. The van der Waals surface area contributed by atoms with Crippen molar-refractivity contribution in [2.75, 3.05) is 216 Å². The summed E-state index contributed by atoms with van der Waals surface area (Å²) >= 11 is 0. The Morgan fingerprint density at radius 1 is 0.489 bits per heavy atom. The number of carbonyl (C=O) groups excluding carboxylic acids is 8. The van der Waals surface area contributed by atoms with Crippen LogP contribution in [0.25, 0.3) is 10.4 Å². The third kappa shape index (κ3) is 40.2. The van der Waals surface area contributed by atoms with E-state index >= 15 is 0 Å². The molecule has 13 aliphatic rings. The van der Waals surface area contributed by atoms with Crippen LogP contribution in [0.15, 0.2) is 53.6 Å². The Balaban J connectivity index is 0.000000359. The molecular weight excluding hydrogens is 1810 g/mol. The predicted octanol–water partition coefficient (Wildman–Crippen LogP) is 15.7. The summed E-state index contributed by atoms with van der Waals surface area (Å²) in [5, 5.41) is 17.6. The molecule has 0 spiro atoms. The van der Waals surface area contributed by atoms with Crippen molar-refractivity contribution >= 4 is 71.8 Å². The van der Waals surface area contributed by atoms with E-state index in [2.05, 4.69) is 148 Å². The number of rotatable bonds is 31. The molecule has 2 aromatic carbocycles. The van der Waals surface area contributed by atoms with Gasteiger partial charge in [-0.2, -0.15) is 8.42 Å². The number of piperazine rings is 12. The molecule has 0 aromatic heterocycles. The van der Waals surface area contributed by atoms with Crippen LogP contribution in [-0.2, 0) is 73.3 Å². The number of nitrogens with one attached hydrogen (secondary N) is 1.